The number of benzene rings is 1. The second kappa shape index (κ2) is 4.34. The SMILES string of the molecule is Cc1ccc(C2(C(F)(F)F)NC(=O)c3nc(C)c(C)n32)cc1. The Bertz CT molecular complexity index is 762. The second-order valence-corrected chi connectivity index (χ2v) is 5.47. The number of nitrogens with zero attached hydrogens (tertiary/aromatic N) is 2. The van der Waals surface area contributed by atoms with Crippen molar-refractivity contribution < 1.29 is 18.0 Å². The number of aromatic nitrogens is 2. The van der Waals surface area contributed by atoms with Crippen LogP contribution < -0.4 is 5.32 Å². The predicted molar refractivity (Wildman–Crippen MR) is 73.5 cm³/mol. The second-order valence-electron chi connectivity index (χ2n) is 5.47. The van der Waals surface area contributed by atoms with Crippen molar-refractivity contribution in [3.05, 3.63) is 52.6 Å². The molecule has 3 rings (SSSR count). The number of aryl methyl sites for hydroxylation is 2. The third-order valence-electron chi connectivity index (χ3n) is 4.06. The highest BCUT2D eigenvalue weighted by molar-refractivity contribution is 5.94. The van der Waals surface area contributed by atoms with Gasteiger partial charge in [0.05, 0.1) is 5.69 Å². The van der Waals surface area contributed by atoms with Crippen LogP contribution in [0.15, 0.2) is 24.3 Å². The molecule has 1 aromatic carbocycles. The van der Waals surface area contributed by atoms with Crippen LogP contribution in [0.4, 0.5) is 13.2 Å². The van der Waals surface area contributed by atoms with E-state index in [9.17, 15) is 18.0 Å². The van der Waals surface area contributed by atoms with Gasteiger partial charge in [0, 0.05) is 11.3 Å². The largest absolute Gasteiger partial charge is 0.435 e. The minimum Gasteiger partial charge on any atom is -0.315 e. The number of amides is 1. The number of alkyl halides is 3. The monoisotopic (exact) mass is 309 g/mol. The van der Waals surface area contributed by atoms with Crippen LogP contribution >= 0.6 is 0 Å². The van der Waals surface area contributed by atoms with Crippen molar-refractivity contribution in [1.82, 2.24) is 14.9 Å². The number of halogens is 3. The quantitative estimate of drug-likeness (QED) is 0.880. The lowest BCUT2D eigenvalue weighted by molar-refractivity contribution is -0.204. The molecule has 7 heteroatoms. The lowest BCUT2D eigenvalue weighted by Gasteiger charge is -2.34. The maximum atomic E-state index is 14.0. The molecular weight excluding hydrogens is 295 g/mol. The minimum atomic E-state index is -4.71. The van der Waals surface area contributed by atoms with Gasteiger partial charge in [-0.3, -0.25) is 9.36 Å². The summed E-state index contributed by atoms with van der Waals surface area (Å²) in [4.78, 5) is 16.0. The van der Waals surface area contributed by atoms with Crippen molar-refractivity contribution in [2.75, 3.05) is 0 Å². The van der Waals surface area contributed by atoms with E-state index >= 15 is 0 Å². The Kier molecular flexibility index (Phi) is 2.89. The van der Waals surface area contributed by atoms with E-state index in [1.54, 1.807) is 26.0 Å². The lowest BCUT2D eigenvalue weighted by Crippen LogP contribution is -2.56. The van der Waals surface area contributed by atoms with Gasteiger partial charge in [0.25, 0.3) is 5.91 Å². The van der Waals surface area contributed by atoms with Gasteiger partial charge in [-0.05, 0) is 20.8 Å². The maximum absolute atomic E-state index is 14.0. The van der Waals surface area contributed by atoms with Crippen LogP contribution in [-0.2, 0) is 5.66 Å². The highest BCUT2D eigenvalue weighted by atomic mass is 19.4. The van der Waals surface area contributed by atoms with E-state index in [-0.39, 0.29) is 11.4 Å². The fourth-order valence-electron chi connectivity index (χ4n) is 2.81. The average Bonchev–Trinajstić information content (AvgIpc) is 2.88. The van der Waals surface area contributed by atoms with Crippen LogP contribution in [0, 0.1) is 20.8 Å². The zero-order valence-electron chi connectivity index (χ0n) is 12.2. The summed E-state index contributed by atoms with van der Waals surface area (Å²) in [6, 6.07) is 5.94. The number of nitrogens with one attached hydrogen (secondary N) is 1. The molecule has 1 aliphatic heterocycles. The summed E-state index contributed by atoms with van der Waals surface area (Å²) in [5.74, 6) is -1.04. The molecule has 1 atom stereocenters. The number of hydrogen-bond acceptors (Lipinski definition) is 2. The third kappa shape index (κ3) is 1.71. The zero-order chi connectivity index (χ0) is 16.3. The molecule has 0 saturated carbocycles. The van der Waals surface area contributed by atoms with Crippen molar-refractivity contribution >= 4 is 5.91 Å². The molecule has 1 aromatic heterocycles. The molecule has 116 valence electrons. The van der Waals surface area contributed by atoms with E-state index in [1.165, 1.54) is 19.1 Å². The fraction of sp³-hybridized carbons (Fsp3) is 0.333. The maximum Gasteiger partial charge on any atom is 0.435 e. The highest BCUT2D eigenvalue weighted by Gasteiger charge is 2.64. The average molecular weight is 309 g/mol. The van der Waals surface area contributed by atoms with Crippen LogP contribution in [0.3, 0.4) is 0 Å². The van der Waals surface area contributed by atoms with E-state index in [1.807, 2.05) is 0 Å². The van der Waals surface area contributed by atoms with E-state index < -0.39 is 17.7 Å². The molecule has 0 radical (unpaired) electrons. The summed E-state index contributed by atoms with van der Waals surface area (Å²) >= 11 is 0. The molecular formula is C15H14F3N3O. The number of carbonyl (C=O) groups excluding carboxylic acids is 1. The topological polar surface area (TPSA) is 46.9 Å². The molecule has 4 nitrogen and oxygen atoms in total. The number of hydrogen-bond donors (Lipinski definition) is 1. The normalized spacial score (nSPS) is 20.9. The molecule has 0 bridgehead atoms. The Balaban J connectivity index is 2.36. The molecule has 0 fully saturated rings. The van der Waals surface area contributed by atoms with E-state index in [2.05, 4.69) is 10.3 Å². The minimum absolute atomic E-state index is 0.0433. The van der Waals surface area contributed by atoms with Gasteiger partial charge >= 0.3 is 6.18 Å². The van der Waals surface area contributed by atoms with Gasteiger partial charge in [0.1, 0.15) is 0 Å². The molecule has 2 heterocycles. The van der Waals surface area contributed by atoms with Gasteiger partial charge in [-0.25, -0.2) is 4.98 Å². The van der Waals surface area contributed by atoms with E-state index in [0.29, 0.717) is 11.4 Å². The molecule has 1 N–H and O–H groups in total. The lowest BCUT2D eigenvalue weighted by atomic mass is 9.97. The summed E-state index contributed by atoms with van der Waals surface area (Å²) in [5.41, 5.74) is -1.10. The van der Waals surface area contributed by atoms with Crippen LogP contribution in [0.25, 0.3) is 0 Å². The standard InChI is InChI=1S/C15H14F3N3O/c1-8-4-6-11(7-5-8)14(15(16,17)18)20-13(22)12-19-9(2)10(3)21(12)14/h4-7H,1-3H3,(H,20,22). The van der Waals surface area contributed by atoms with Crippen LogP contribution in [0.5, 0.6) is 0 Å². The zero-order valence-corrected chi connectivity index (χ0v) is 12.2. The first kappa shape index (κ1) is 14.6. The van der Waals surface area contributed by atoms with Crippen molar-refractivity contribution in [2.24, 2.45) is 0 Å². The molecule has 0 aliphatic carbocycles. The third-order valence-corrected chi connectivity index (χ3v) is 4.06. The Hall–Kier alpha value is -2.31. The first-order valence-corrected chi connectivity index (χ1v) is 6.71. The van der Waals surface area contributed by atoms with Crippen LogP contribution in [0.2, 0.25) is 0 Å². The molecule has 2 aromatic rings. The molecule has 22 heavy (non-hydrogen) atoms. The van der Waals surface area contributed by atoms with E-state index in [4.69, 9.17) is 0 Å². The fourth-order valence-corrected chi connectivity index (χ4v) is 2.81. The van der Waals surface area contributed by atoms with Crippen LogP contribution in [-0.4, -0.2) is 21.6 Å². The van der Waals surface area contributed by atoms with Gasteiger partial charge in [-0.15, -0.1) is 0 Å². The summed E-state index contributed by atoms with van der Waals surface area (Å²) in [6.07, 6.45) is -4.71. The van der Waals surface area contributed by atoms with Gasteiger partial charge in [0.2, 0.25) is 11.5 Å². The molecule has 0 saturated heterocycles. The van der Waals surface area contributed by atoms with Gasteiger partial charge in [-0.1, -0.05) is 29.8 Å². The summed E-state index contributed by atoms with van der Waals surface area (Å²) in [7, 11) is 0. The van der Waals surface area contributed by atoms with E-state index in [0.717, 1.165) is 10.1 Å². The Labute approximate surface area is 125 Å². The van der Waals surface area contributed by atoms with Gasteiger partial charge < -0.3 is 5.32 Å². The number of rotatable bonds is 1. The molecule has 1 unspecified atom stereocenters. The molecule has 1 aliphatic rings. The predicted octanol–water partition coefficient (Wildman–Crippen LogP) is 2.82. The van der Waals surface area contributed by atoms with Gasteiger partial charge in [-0.2, -0.15) is 13.2 Å². The summed E-state index contributed by atoms with van der Waals surface area (Å²) in [6.45, 7) is 4.90. The van der Waals surface area contributed by atoms with Crippen molar-refractivity contribution in [3.8, 4) is 0 Å². The Morgan fingerprint density at radius 3 is 2.27 bits per heavy atom. The first-order chi connectivity index (χ1) is 10.2. The highest BCUT2D eigenvalue weighted by Crippen LogP contribution is 2.45. The molecule has 1 amide bonds. The number of carbonyl (C=O) groups is 1. The first-order valence-electron chi connectivity index (χ1n) is 6.71. The van der Waals surface area contributed by atoms with Crippen molar-refractivity contribution in [1.29, 1.82) is 0 Å². The summed E-state index contributed by atoms with van der Waals surface area (Å²) in [5, 5.41) is 2.09. The van der Waals surface area contributed by atoms with Crippen molar-refractivity contribution in [3.63, 3.8) is 0 Å². The Morgan fingerprint density at radius 2 is 1.73 bits per heavy atom. The van der Waals surface area contributed by atoms with Crippen LogP contribution in [0.1, 0.15) is 33.1 Å². The summed E-state index contributed by atoms with van der Waals surface area (Å²) < 4.78 is 42.9. The van der Waals surface area contributed by atoms with Crippen molar-refractivity contribution in [2.45, 2.75) is 32.6 Å². The Morgan fingerprint density at radius 1 is 1.14 bits per heavy atom. The number of fused-ring (bicyclic) bond motifs is 1. The molecule has 0 spiro atoms. The smallest absolute Gasteiger partial charge is 0.315 e. The number of imidazole rings is 1. The van der Waals surface area contributed by atoms with Gasteiger partial charge in [0.15, 0.2) is 0 Å².